The lowest BCUT2D eigenvalue weighted by Gasteiger charge is -2.22. The van der Waals surface area contributed by atoms with E-state index in [1.807, 2.05) is 6.92 Å². The molecule has 0 bridgehead atoms. The zero-order valence-electron chi connectivity index (χ0n) is 13.8. The summed E-state index contributed by atoms with van der Waals surface area (Å²) in [6, 6.07) is 10.7. The lowest BCUT2D eigenvalue weighted by Crippen LogP contribution is -2.40. The number of hydrogen-bond acceptors (Lipinski definition) is 2. The summed E-state index contributed by atoms with van der Waals surface area (Å²) in [5.41, 5.74) is 1.42. The van der Waals surface area contributed by atoms with Crippen molar-refractivity contribution in [3.63, 3.8) is 0 Å². The Kier molecular flexibility index (Phi) is 6.72. The highest BCUT2D eigenvalue weighted by atomic mass is 16.3. The fourth-order valence-electron chi connectivity index (χ4n) is 2.86. The Morgan fingerprint density at radius 1 is 1.41 bits per heavy atom. The third-order valence-electron chi connectivity index (χ3n) is 4.15. The van der Waals surface area contributed by atoms with Crippen LogP contribution in [0.4, 0.5) is 0 Å². The molecule has 0 amide bonds. The van der Waals surface area contributed by atoms with Gasteiger partial charge in [0.25, 0.3) is 0 Å². The number of likely N-dealkylation sites (tertiary alicyclic amines) is 1. The SMILES string of the molecule is CCNC(=NCC(C)CO)N1CCC(Cc2ccccc2)C1. The topological polar surface area (TPSA) is 47.9 Å². The van der Waals surface area contributed by atoms with Gasteiger partial charge in [-0.3, -0.25) is 4.99 Å². The van der Waals surface area contributed by atoms with Gasteiger partial charge >= 0.3 is 0 Å². The third kappa shape index (κ3) is 5.02. The van der Waals surface area contributed by atoms with Gasteiger partial charge in [0, 0.05) is 32.8 Å². The number of guanidine groups is 1. The van der Waals surface area contributed by atoms with E-state index >= 15 is 0 Å². The van der Waals surface area contributed by atoms with E-state index in [-0.39, 0.29) is 12.5 Å². The first kappa shape index (κ1) is 16.8. The van der Waals surface area contributed by atoms with E-state index in [1.165, 1.54) is 12.0 Å². The quantitative estimate of drug-likeness (QED) is 0.625. The van der Waals surface area contributed by atoms with E-state index in [9.17, 15) is 0 Å². The van der Waals surface area contributed by atoms with Crippen LogP contribution in [0.25, 0.3) is 0 Å². The Labute approximate surface area is 134 Å². The largest absolute Gasteiger partial charge is 0.396 e. The van der Waals surface area contributed by atoms with Crippen molar-refractivity contribution in [2.75, 3.05) is 32.8 Å². The summed E-state index contributed by atoms with van der Waals surface area (Å²) in [5, 5.41) is 12.5. The number of benzene rings is 1. The summed E-state index contributed by atoms with van der Waals surface area (Å²) < 4.78 is 0. The summed E-state index contributed by atoms with van der Waals surface area (Å²) in [4.78, 5) is 7.04. The highest BCUT2D eigenvalue weighted by Crippen LogP contribution is 2.21. The van der Waals surface area contributed by atoms with Gasteiger partial charge in [0.1, 0.15) is 0 Å². The van der Waals surface area contributed by atoms with Crippen LogP contribution in [0.3, 0.4) is 0 Å². The van der Waals surface area contributed by atoms with Crippen LogP contribution in [0.2, 0.25) is 0 Å². The molecule has 1 aliphatic rings. The van der Waals surface area contributed by atoms with Gasteiger partial charge in [-0.1, -0.05) is 37.3 Å². The molecule has 1 fully saturated rings. The van der Waals surface area contributed by atoms with Crippen LogP contribution in [0.5, 0.6) is 0 Å². The van der Waals surface area contributed by atoms with Gasteiger partial charge < -0.3 is 15.3 Å². The van der Waals surface area contributed by atoms with Crippen molar-refractivity contribution in [2.45, 2.75) is 26.7 Å². The molecule has 1 aliphatic heterocycles. The molecule has 1 aromatic rings. The average Bonchev–Trinajstić information content (AvgIpc) is 3.00. The minimum Gasteiger partial charge on any atom is -0.396 e. The molecule has 2 unspecified atom stereocenters. The second-order valence-corrected chi connectivity index (χ2v) is 6.27. The van der Waals surface area contributed by atoms with Crippen molar-refractivity contribution in [2.24, 2.45) is 16.8 Å². The van der Waals surface area contributed by atoms with Crippen LogP contribution in [0.1, 0.15) is 25.8 Å². The first-order valence-electron chi connectivity index (χ1n) is 8.41. The smallest absolute Gasteiger partial charge is 0.193 e. The molecule has 0 radical (unpaired) electrons. The molecule has 2 N–H and O–H groups in total. The summed E-state index contributed by atoms with van der Waals surface area (Å²) in [5.74, 6) is 1.91. The average molecular weight is 303 g/mol. The Balaban J connectivity index is 1.91. The van der Waals surface area contributed by atoms with Gasteiger partial charge in [0.05, 0.1) is 0 Å². The minimum absolute atomic E-state index is 0.194. The van der Waals surface area contributed by atoms with Gasteiger partial charge in [-0.05, 0) is 37.2 Å². The summed E-state index contributed by atoms with van der Waals surface area (Å²) in [6.07, 6.45) is 2.36. The van der Waals surface area contributed by atoms with Crippen LogP contribution < -0.4 is 5.32 Å². The Bertz CT molecular complexity index is 461. The molecule has 22 heavy (non-hydrogen) atoms. The standard InChI is InChI=1S/C18H29N3O/c1-3-19-18(20-12-15(2)14-22)21-10-9-17(13-21)11-16-7-5-4-6-8-16/h4-8,15,17,22H,3,9-14H2,1-2H3,(H,19,20). The number of aliphatic hydroxyl groups excluding tert-OH is 1. The molecular weight excluding hydrogens is 274 g/mol. The predicted octanol–water partition coefficient (Wildman–Crippen LogP) is 2.14. The van der Waals surface area contributed by atoms with Crippen molar-refractivity contribution in [3.8, 4) is 0 Å². The Morgan fingerprint density at radius 3 is 2.86 bits per heavy atom. The molecule has 2 rings (SSSR count). The second-order valence-electron chi connectivity index (χ2n) is 6.27. The summed E-state index contributed by atoms with van der Waals surface area (Å²) in [6.45, 7) is 8.01. The first-order valence-corrected chi connectivity index (χ1v) is 8.41. The molecule has 0 saturated carbocycles. The van der Waals surface area contributed by atoms with E-state index in [0.29, 0.717) is 12.5 Å². The highest BCUT2D eigenvalue weighted by Gasteiger charge is 2.24. The fourth-order valence-corrected chi connectivity index (χ4v) is 2.86. The van der Waals surface area contributed by atoms with Gasteiger partial charge in [0.2, 0.25) is 0 Å². The predicted molar refractivity (Wildman–Crippen MR) is 92.1 cm³/mol. The van der Waals surface area contributed by atoms with Gasteiger partial charge in [-0.25, -0.2) is 0 Å². The Morgan fingerprint density at radius 2 is 2.18 bits per heavy atom. The molecule has 0 spiro atoms. The molecule has 0 aromatic heterocycles. The molecule has 4 nitrogen and oxygen atoms in total. The maximum atomic E-state index is 9.15. The van der Waals surface area contributed by atoms with Gasteiger partial charge in [-0.2, -0.15) is 0 Å². The van der Waals surface area contributed by atoms with Crippen LogP contribution >= 0.6 is 0 Å². The number of aliphatic imine (C=N–C) groups is 1. The van der Waals surface area contributed by atoms with Crippen molar-refractivity contribution < 1.29 is 5.11 Å². The molecule has 1 saturated heterocycles. The summed E-state index contributed by atoms with van der Waals surface area (Å²) in [7, 11) is 0. The lowest BCUT2D eigenvalue weighted by atomic mass is 9.99. The molecule has 4 heteroatoms. The fraction of sp³-hybridized carbons (Fsp3) is 0.611. The van der Waals surface area contributed by atoms with Crippen molar-refractivity contribution in [1.29, 1.82) is 0 Å². The highest BCUT2D eigenvalue weighted by molar-refractivity contribution is 5.80. The number of rotatable bonds is 6. The first-order chi connectivity index (χ1) is 10.7. The van der Waals surface area contributed by atoms with Crippen LogP contribution in [0.15, 0.2) is 35.3 Å². The number of aliphatic hydroxyl groups is 1. The van der Waals surface area contributed by atoms with Crippen molar-refractivity contribution in [3.05, 3.63) is 35.9 Å². The normalized spacial score (nSPS) is 20.2. The summed E-state index contributed by atoms with van der Waals surface area (Å²) >= 11 is 0. The van der Waals surface area contributed by atoms with Crippen LogP contribution in [-0.4, -0.2) is 48.8 Å². The number of nitrogens with zero attached hydrogens (tertiary/aromatic N) is 2. The minimum atomic E-state index is 0.194. The van der Waals surface area contributed by atoms with Crippen LogP contribution in [0, 0.1) is 11.8 Å². The number of nitrogens with one attached hydrogen (secondary N) is 1. The van der Waals surface area contributed by atoms with Crippen LogP contribution in [-0.2, 0) is 6.42 Å². The van der Waals surface area contributed by atoms with E-state index < -0.39 is 0 Å². The lowest BCUT2D eigenvalue weighted by molar-refractivity contribution is 0.241. The third-order valence-corrected chi connectivity index (χ3v) is 4.15. The molecule has 1 aromatic carbocycles. The van der Waals surface area contributed by atoms with Crippen molar-refractivity contribution in [1.82, 2.24) is 10.2 Å². The second kappa shape index (κ2) is 8.79. The van der Waals surface area contributed by atoms with E-state index in [1.54, 1.807) is 0 Å². The monoisotopic (exact) mass is 303 g/mol. The zero-order valence-corrected chi connectivity index (χ0v) is 13.8. The molecule has 1 heterocycles. The Hall–Kier alpha value is -1.55. The zero-order chi connectivity index (χ0) is 15.8. The maximum Gasteiger partial charge on any atom is 0.193 e. The molecular formula is C18H29N3O. The van der Waals surface area contributed by atoms with Gasteiger partial charge in [0.15, 0.2) is 5.96 Å². The molecule has 122 valence electrons. The van der Waals surface area contributed by atoms with E-state index in [0.717, 1.165) is 32.0 Å². The maximum absolute atomic E-state index is 9.15. The molecule has 0 aliphatic carbocycles. The van der Waals surface area contributed by atoms with E-state index in [4.69, 9.17) is 5.11 Å². The molecule has 2 atom stereocenters. The number of hydrogen-bond donors (Lipinski definition) is 2. The van der Waals surface area contributed by atoms with Gasteiger partial charge in [-0.15, -0.1) is 0 Å². The van der Waals surface area contributed by atoms with E-state index in [2.05, 4.69) is 52.5 Å². The van der Waals surface area contributed by atoms with Crippen molar-refractivity contribution >= 4 is 5.96 Å².